The highest BCUT2D eigenvalue weighted by Crippen LogP contribution is 2.35. The molecule has 0 aliphatic rings. The third-order valence-electron chi connectivity index (χ3n) is 2.77. The maximum absolute atomic E-state index is 13.1. The number of non-ortho nitro benzene ring substituents is 1. The third kappa shape index (κ3) is 3.26. The van der Waals surface area contributed by atoms with E-state index in [4.69, 9.17) is 9.47 Å². The molecule has 0 radical (unpaired) electrons. The van der Waals surface area contributed by atoms with Crippen LogP contribution in [0, 0.1) is 15.9 Å². The number of aliphatic hydroxyl groups excluding tert-OH is 1. The molecular weight excluding hydrogens is 281 g/mol. The number of halogens is 1. The molecular formula is C14H12FNO5. The standard InChI is InChI=1S/C14H12FNO5/c1-20-14-7-11(16(18)19)3-5-13(14)21-12-4-2-10(15)6-9(12)8-17/h2-7,17H,8H2,1H3. The molecule has 0 heterocycles. The number of nitro benzene ring substituents is 1. The Morgan fingerprint density at radius 3 is 2.52 bits per heavy atom. The van der Waals surface area contributed by atoms with Gasteiger partial charge < -0.3 is 14.6 Å². The number of methoxy groups -OCH3 is 1. The lowest BCUT2D eigenvalue weighted by Crippen LogP contribution is -1.96. The molecule has 6 nitrogen and oxygen atoms in total. The summed E-state index contributed by atoms with van der Waals surface area (Å²) in [6.07, 6.45) is 0. The summed E-state index contributed by atoms with van der Waals surface area (Å²) in [5.74, 6) is 0.134. The van der Waals surface area contributed by atoms with Crippen molar-refractivity contribution in [3.05, 3.63) is 57.9 Å². The minimum atomic E-state index is -0.552. The molecule has 21 heavy (non-hydrogen) atoms. The first-order chi connectivity index (χ1) is 10.0. The van der Waals surface area contributed by atoms with Gasteiger partial charge in [-0.25, -0.2) is 4.39 Å². The van der Waals surface area contributed by atoms with Crippen LogP contribution >= 0.6 is 0 Å². The molecule has 2 rings (SSSR count). The van der Waals surface area contributed by atoms with Crippen molar-refractivity contribution in [2.45, 2.75) is 6.61 Å². The topological polar surface area (TPSA) is 81.8 Å². The molecule has 110 valence electrons. The van der Waals surface area contributed by atoms with Gasteiger partial charge in [0, 0.05) is 11.6 Å². The van der Waals surface area contributed by atoms with E-state index < -0.39 is 17.3 Å². The second-order valence-electron chi connectivity index (χ2n) is 4.10. The Morgan fingerprint density at radius 1 is 1.19 bits per heavy atom. The highest BCUT2D eigenvalue weighted by Gasteiger charge is 2.14. The van der Waals surface area contributed by atoms with E-state index in [0.29, 0.717) is 0 Å². The van der Waals surface area contributed by atoms with Gasteiger partial charge in [0.05, 0.1) is 24.7 Å². The molecule has 0 aliphatic carbocycles. The van der Waals surface area contributed by atoms with Crippen LogP contribution < -0.4 is 9.47 Å². The Morgan fingerprint density at radius 2 is 1.90 bits per heavy atom. The normalized spacial score (nSPS) is 10.2. The Balaban J connectivity index is 2.37. The quantitative estimate of drug-likeness (QED) is 0.677. The Kier molecular flexibility index (Phi) is 4.34. The second-order valence-corrected chi connectivity index (χ2v) is 4.10. The van der Waals surface area contributed by atoms with Crippen molar-refractivity contribution in [2.75, 3.05) is 7.11 Å². The molecule has 2 aromatic rings. The maximum Gasteiger partial charge on any atom is 0.273 e. The molecule has 1 N–H and O–H groups in total. The van der Waals surface area contributed by atoms with Crippen molar-refractivity contribution >= 4 is 5.69 Å². The highest BCUT2D eigenvalue weighted by atomic mass is 19.1. The van der Waals surface area contributed by atoms with E-state index in [-0.39, 0.29) is 28.5 Å². The van der Waals surface area contributed by atoms with Crippen LogP contribution in [0.5, 0.6) is 17.2 Å². The van der Waals surface area contributed by atoms with E-state index in [9.17, 15) is 19.6 Å². The van der Waals surface area contributed by atoms with Crippen molar-refractivity contribution in [3.8, 4) is 17.2 Å². The Bertz CT molecular complexity index is 674. The number of aliphatic hydroxyl groups is 1. The fourth-order valence-electron chi connectivity index (χ4n) is 1.74. The van der Waals surface area contributed by atoms with E-state index in [1.165, 1.54) is 37.4 Å². The molecule has 0 bridgehead atoms. The summed E-state index contributed by atoms with van der Waals surface area (Å²) < 4.78 is 23.7. The number of nitro groups is 1. The van der Waals surface area contributed by atoms with Crippen molar-refractivity contribution in [2.24, 2.45) is 0 Å². The van der Waals surface area contributed by atoms with E-state index in [1.807, 2.05) is 0 Å². The van der Waals surface area contributed by atoms with Gasteiger partial charge in [-0.2, -0.15) is 0 Å². The summed E-state index contributed by atoms with van der Waals surface area (Å²) >= 11 is 0. The lowest BCUT2D eigenvalue weighted by Gasteiger charge is -2.12. The van der Waals surface area contributed by atoms with E-state index in [0.717, 1.165) is 6.07 Å². The van der Waals surface area contributed by atoms with Crippen LogP contribution in [-0.2, 0) is 6.61 Å². The molecule has 0 fully saturated rings. The summed E-state index contributed by atoms with van der Waals surface area (Å²) in [7, 11) is 1.35. The third-order valence-corrected chi connectivity index (χ3v) is 2.77. The minimum absolute atomic E-state index is 0.138. The van der Waals surface area contributed by atoms with Gasteiger partial charge >= 0.3 is 0 Å². The van der Waals surface area contributed by atoms with Gasteiger partial charge in [-0.1, -0.05) is 0 Å². The first-order valence-corrected chi connectivity index (χ1v) is 5.94. The molecule has 2 aromatic carbocycles. The molecule has 0 unspecified atom stereocenters. The van der Waals surface area contributed by atoms with Crippen molar-refractivity contribution in [1.29, 1.82) is 0 Å². The summed E-state index contributed by atoms with van der Waals surface area (Å²) in [6, 6.07) is 7.56. The van der Waals surface area contributed by atoms with Gasteiger partial charge in [-0.15, -0.1) is 0 Å². The SMILES string of the molecule is COc1cc([N+](=O)[O-])ccc1Oc1ccc(F)cc1CO. The lowest BCUT2D eigenvalue weighted by atomic mass is 10.2. The summed E-state index contributed by atoms with van der Waals surface area (Å²) in [6.45, 7) is -0.400. The number of ether oxygens (including phenoxy) is 2. The zero-order valence-electron chi connectivity index (χ0n) is 11.1. The van der Waals surface area contributed by atoms with Crippen LogP contribution in [-0.4, -0.2) is 17.1 Å². The van der Waals surface area contributed by atoms with Crippen molar-refractivity contribution in [3.63, 3.8) is 0 Å². The first kappa shape index (κ1) is 14.7. The molecule has 0 aromatic heterocycles. The number of hydrogen-bond acceptors (Lipinski definition) is 5. The number of rotatable bonds is 5. The molecule has 0 amide bonds. The van der Waals surface area contributed by atoms with Crippen LogP contribution in [0.2, 0.25) is 0 Å². The van der Waals surface area contributed by atoms with Crippen molar-refractivity contribution in [1.82, 2.24) is 0 Å². The van der Waals surface area contributed by atoms with Crippen LogP contribution in [0.25, 0.3) is 0 Å². The molecule has 0 atom stereocenters. The molecule has 0 saturated heterocycles. The number of nitrogens with zero attached hydrogens (tertiary/aromatic N) is 1. The van der Waals surface area contributed by atoms with Gasteiger partial charge in [-0.05, 0) is 24.3 Å². The predicted octanol–water partition coefficient (Wildman–Crippen LogP) is 3.03. The van der Waals surface area contributed by atoms with Crippen LogP contribution in [0.3, 0.4) is 0 Å². The second kappa shape index (κ2) is 6.19. The summed E-state index contributed by atoms with van der Waals surface area (Å²) in [5, 5.41) is 19.9. The van der Waals surface area contributed by atoms with Gasteiger partial charge in [-0.3, -0.25) is 10.1 Å². The fourth-order valence-corrected chi connectivity index (χ4v) is 1.74. The number of benzene rings is 2. The predicted molar refractivity (Wildman–Crippen MR) is 72.0 cm³/mol. The van der Waals surface area contributed by atoms with E-state index in [2.05, 4.69) is 0 Å². The fraction of sp³-hybridized carbons (Fsp3) is 0.143. The van der Waals surface area contributed by atoms with Crippen LogP contribution in [0.4, 0.5) is 10.1 Å². The monoisotopic (exact) mass is 293 g/mol. The zero-order valence-corrected chi connectivity index (χ0v) is 11.1. The van der Waals surface area contributed by atoms with Crippen LogP contribution in [0.1, 0.15) is 5.56 Å². The zero-order chi connectivity index (χ0) is 15.4. The Hall–Kier alpha value is -2.67. The molecule has 0 saturated carbocycles. The van der Waals surface area contributed by atoms with Crippen molar-refractivity contribution < 1.29 is 23.9 Å². The van der Waals surface area contributed by atoms with Gasteiger partial charge in [0.2, 0.25) is 0 Å². The lowest BCUT2D eigenvalue weighted by molar-refractivity contribution is -0.384. The average molecular weight is 293 g/mol. The maximum atomic E-state index is 13.1. The van der Waals surface area contributed by atoms with Crippen LogP contribution in [0.15, 0.2) is 36.4 Å². The molecule has 0 aliphatic heterocycles. The Labute approximate surface area is 119 Å². The van der Waals surface area contributed by atoms with Gasteiger partial charge in [0.1, 0.15) is 11.6 Å². The summed E-state index contributed by atoms with van der Waals surface area (Å²) in [4.78, 5) is 10.2. The summed E-state index contributed by atoms with van der Waals surface area (Å²) in [5.41, 5.74) is 0.121. The van der Waals surface area contributed by atoms with Gasteiger partial charge in [0.25, 0.3) is 5.69 Å². The van der Waals surface area contributed by atoms with E-state index in [1.54, 1.807) is 0 Å². The van der Waals surface area contributed by atoms with E-state index >= 15 is 0 Å². The highest BCUT2D eigenvalue weighted by molar-refractivity contribution is 5.51. The number of hydrogen-bond donors (Lipinski definition) is 1. The average Bonchev–Trinajstić information content (AvgIpc) is 2.49. The first-order valence-electron chi connectivity index (χ1n) is 5.94. The molecule has 7 heteroatoms. The smallest absolute Gasteiger partial charge is 0.273 e. The molecule has 0 spiro atoms. The van der Waals surface area contributed by atoms with Gasteiger partial charge in [0.15, 0.2) is 11.5 Å². The minimum Gasteiger partial charge on any atom is -0.493 e. The largest absolute Gasteiger partial charge is 0.493 e.